The van der Waals surface area contributed by atoms with E-state index in [2.05, 4.69) is 0 Å². The topological polar surface area (TPSA) is 116 Å². The molecule has 0 radical (unpaired) electrons. The Balaban J connectivity index is 3.17. The summed E-state index contributed by atoms with van der Waals surface area (Å²) < 4.78 is 10.8. The van der Waals surface area contributed by atoms with Crippen molar-refractivity contribution in [2.24, 2.45) is 17.6 Å². The molecule has 156 valence electrons. The molecule has 0 aliphatic carbocycles. The van der Waals surface area contributed by atoms with Crippen molar-refractivity contribution in [2.75, 3.05) is 0 Å². The number of esters is 2. The lowest BCUT2D eigenvalue weighted by molar-refractivity contribution is -0.143. The number of ether oxygens (including phenoxy) is 2. The minimum Gasteiger partial charge on any atom is -0.480 e. The maximum atomic E-state index is 12.2. The van der Waals surface area contributed by atoms with Crippen LogP contribution in [0.1, 0.15) is 65.9 Å². The molecule has 2 unspecified atom stereocenters. The van der Waals surface area contributed by atoms with Crippen molar-refractivity contribution >= 4 is 17.9 Å². The fourth-order valence-corrected chi connectivity index (χ4v) is 2.30. The third-order valence-corrected chi connectivity index (χ3v) is 4.86. The molecule has 0 heterocycles. The number of carbonyl (C=O) groups excluding carboxylic acids is 2. The lowest BCUT2D eigenvalue weighted by Crippen LogP contribution is -2.41. The molecule has 0 spiro atoms. The van der Waals surface area contributed by atoms with Gasteiger partial charge in [0.2, 0.25) is 0 Å². The van der Waals surface area contributed by atoms with E-state index in [-0.39, 0.29) is 41.7 Å². The zero-order valence-electron chi connectivity index (χ0n) is 17.3. The second kappa shape index (κ2) is 10.2. The van der Waals surface area contributed by atoms with E-state index in [0.717, 1.165) is 12.8 Å². The lowest BCUT2D eigenvalue weighted by atomic mass is 9.93. The van der Waals surface area contributed by atoms with E-state index in [4.69, 9.17) is 15.2 Å². The smallest absolute Gasteiger partial charge is 0.328 e. The van der Waals surface area contributed by atoms with E-state index in [1.165, 1.54) is 25.1 Å². The van der Waals surface area contributed by atoms with Crippen LogP contribution in [0.15, 0.2) is 18.2 Å². The van der Waals surface area contributed by atoms with Crippen LogP contribution in [0.3, 0.4) is 0 Å². The summed E-state index contributed by atoms with van der Waals surface area (Å²) in [5, 5.41) is 9.34. The summed E-state index contributed by atoms with van der Waals surface area (Å²) in [6.45, 7) is 9.14. The van der Waals surface area contributed by atoms with Crippen LogP contribution in [0.25, 0.3) is 0 Å². The van der Waals surface area contributed by atoms with Gasteiger partial charge in [-0.3, -0.25) is 9.59 Å². The van der Waals surface area contributed by atoms with Crippen molar-refractivity contribution in [1.82, 2.24) is 0 Å². The van der Waals surface area contributed by atoms with Crippen LogP contribution in [0.4, 0.5) is 0 Å². The second-order valence-electron chi connectivity index (χ2n) is 7.55. The maximum Gasteiger partial charge on any atom is 0.328 e. The summed E-state index contributed by atoms with van der Waals surface area (Å²) in [6, 6.07) is 4.20. The number of carboxylic acid groups (broad SMARTS) is 1. The number of hydrogen-bond donors (Lipinski definition) is 2. The molecule has 28 heavy (non-hydrogen) atoms. The Morgan fingerprint density at radius 3 is 1.89 bits per heavy atom. The lowest BCUT2D eigenvalue weighted by Gasteiger charge is -2.21. The molecule has 1 rings (SSSR count). The molecule has 7 nitrogen and oxygen atoms in total. The summed E-state index contributed by atoms with van der Waals surface area (Å²) in [5.41, 5.74) is 4.42. The van der Waals surface area contributed by atoms with Crippen molar-refractivity contribution in [1.29, 1.82) is 0 Å². The third-order valence-electron chi connectivity index (χ3n) is 4.86. The van der Waals surface area contributed by atoms with Crippen molar-refractivity contribution in [3.63, 3.8) is 0 Å². The van der Waals surface area contributed by atoms with Gasteiger partial charge >= 0.3 is 17.9 Å². The molecule has 0 fully saturated rings. The highest BCUT2D eigenvalue weighted by Crippen LogP contribution is 2.33. The number of nitrogens with two attached hydrogens (primary N) is 1. The predicted molar refractivity (Wildman–Crippen MR) is 105 cm³/mol. The molecule has 0 aliphatic heterocycles. The monoisotopic (exact) mass is 393 g/mol. The number of aliphatic carboxylic acids is 1. The van der Waals surface area contributed by atoms with E-state index < -0.39 is 23.4 Å². The van der Waals surface area contributed by atoms with Gasteiger partial charge in [-0.25, -0.2) is 4.79 Å². The SMILES string of the molecule is CCC(C)CC(=O)Oc1ccc([C@](C)(N)C(=O)O)cc1OC(=O)CC(C)CC. The Labute approximate surface area is 166 Å². The van der Waals surface area contributed by atoms with E-state index in [0.29, 0.717) is 0 Å². The van der Waals surface area contributed by atoms with Crippen molar-refractivity contribution in [2.45, 2.75) is 65.8 Å². The Hall–Kier alpha value is -2.41. The van der Waals surface area contributed by atoms with Gasteiger partial charge in [-0.1, -0.05) is 46.6 Å². The van der Waals surface area contributed by atoms with Crippen LogP contribution in [0.2, 0.25) is 0 Å². The van der Waals surface area contributed by atoms with Crippen molar-refractivity contribution < 1.29 is 29.0 Å². The molecule has 3 N–H and O–H groups in total. The predicted octanol–water partition coefficient (Wildman–Crippen LogP) is 3.63. The number of carboxylic acids is 1. The van der Waals surface area contributed by atoms with Crippen LogP contribution in [-0.4, -0.2) is 23.0 Å². The number of carbonyl (C=O) groups is 3. The minimum atomic E-state index is -1.68. The van der Waals surface area contributed by atoms with Gasteiger partial charge in [0, 0.05) is 12.8 Å². The standard InChI is InChI=1S/C21H31NO6/c1-6-13(3)10-18(23)27-16-9-8-15(21(5,22)20(25)26)12-17(16)28-19(24)11-14(4)7-2/h8-9,12-14H,6-7,10-11,22H2,1-5H3,(H,25,26)/t13?,14?,21-/m0/s1. The van der Waals surface area contributed by atoms with E-state index in [9.17, 15) is 19.5 Å². The fraction of sp³-hybridized carbons (Fsp3) is 0.571. The van der Waals surface area contributed by atoms with Gasteiger partial charge in [0.1, 0.15) is 5.54 Å². The van der Waals surface area contributed by atoms with Crippen molar-refractivity contribution in [3.05, 3.63) is 23.8 Å². The quantitative estimate of drug-likeness (QED) is 0.460. The van der Waals surface area contributed by atoms with Gasteiger partial charge < -0.3 is 20.3 Å². The summed E-state index contributed by atoms with van der Waals surface area (Å²) in [6.07, 6.45) is 2.06. The van der Waals surface area contributed by atoms with Gasteiger partial charge in [-0.15, -0.1) is 0 Å². The first-order chi connectivity index (χ1) is 13.0. The van der Waals surface area contributed by atoms with Crippen LogP contribution >= 0.6 is 0 Å². The Morgan fingerprint density at radius 1 is 1.00 bits per heavy atom. The first kappa shape index (κ1) is 23.6. The summed E-state index contributed by atoms with van der Waals surface area (Å²) in [7, 11) is 0. The van der Waals surface area contributed by atoms with Gasteiger partial charge in [0.25, 0.3) is 0 Å². The largest absolute Gasteiger partial charge is 0.480 e. The van der Waals surface area contributed by atoms with Gasteiger partial charge in [0.15, 0.2) is 11.5 Å². The molecule has 3 atom stereocenters. The van der Waals surface area contributed by atoms with Crippen LogP contribution in [-0.2, 0) is 19.9 Å². The summed E-state index contributed by atoms with van der Waals surface area (Å²) in [5.74, 6) is -1.83. The number of hydrogen-bond acceptors (Lipinski definition) is 6. The molecule has 0 saturated heterocycles. The van der Waals surface area contributed by atoms with E-state index in [1.807, 2.05) is 27.7 Å². The van der Waals surface area contributed by atoms with Crippen LogP contribution in [0.5, 0.6) is 11.5 Å². The first-order valence-corrected chi connectivity index (χ1v) is 9.59. The fourth-order valence-electron chi connectivity index (χ4n) is 2.30. The molecule has 0 amide bonds. The molecule has 7 heteroatoms. The zero-order valence-corrected chi connectivity index (χ0v) is 17.3. The zero-order chi connectivity index (χ0) is 21.5. The summed E-state index contributed by atoms with van der Waals surface area (Å²) in [4.78, 5) is 35.8. The average molecular weight is 393 g/mol. The first-order valence-electron chi connectivity index (χ1n) is 9.59. The van der Waals surface area contributed by atoms with Crippen molar-refractivity contribution in [3.8, 4) is 11.5 Å². The molecule has 0 bridgehead atoms. The average Bonchev–Trinajstić information content (AvgIpc) is 2.62. The number of rotatable bonds is 10. The minimum absolute atomic E-state index is 0.0128. The van der Waals surface area contributed by atoms with E-state index in [1.54, 1.807) is 0 Å². The van der Waals surface area contributed by atoms with Gasteiger partial charge in [-0.2, -0.15) is 0 Å². The highest BCUT2D eigenvalue weighted by atomic mass is 16.6. The molecular weight excluding hydrogens is 362 g/mol. The Bertz CT molecular complexity index is 713. The molecule has 0 aromatic heterocycles. The van der Waals surface area contributed by atoms with Crippen LogP contribution in [0, 0.1) is 11.8 Å². The van der Waals surface area contributed by atoms with Crippen LogP contribution < -0.4 is 15.2 Å². The normalized spacial score (nSPS) is 15.2. The Kier molecular flexibility index (Phi) is 8.63. The molecule has 1 aromatic carbocycles. The van der Waals surface area contributed by atoms with Gasteiger partial charge in [0.05, 0.1) is 0 Å². The van der Waals surface area contributed by atoms with Gasteiger partial charge in [-0.05, 0) is 36.5 Å². The summed E-state index contributed by atoms with van der Waals surface area (Å²) >= 11 is 0. The third kappa shape index (κ3) is 6.64. The molecule has 0 saturated carbocycles. The molecular formula is C21H31NO6. The highest BCUT2D eigenvalue weighted by molar-refractivity contribution is 5.81. The maximum absolute atomic E-state index is 12.2. The molecule has 1 aromatic rings. The molecule has 0 aliphatic rings. The number of benzene rings is 1. The van der Waals surface area contributed by atoms with E-state index >= 15 is 0 Å². The second-order valence-corrected chi connectivity index (χ2v) is 7.55. The Morgan fingerprint density at radius 2 is 1.46 bits per heavy atom. The highest BCUT2D eigenvalue weighted by Gasteiger charge is 2.31.